The summed E-state index contributed by atoms with van der Waals surface area (Å²) in [5.41, 5.74) is 6.26. The van der Waals surface area contributed by atoms with Gasteiger partial charge in [-0.25, -0.2) is 4.98 Å². The number of hydrogen-bond acceptors (Lipinski definition) is 8. The predicted octanol–water partition coefficient (Wildman–Crippen LogP) is 5.91. The van der Waals surface area contributed by atoms with Crippen molar-refractivity contribution in [3.8, 4) is 28.5 Å². The summed E-state index contributed by atoms with van der Waals surface area (Å²) < 4.78 is 11.3. The lowest BCUT2D eigenvalue weighted by molar-refractivity contribution is -0.113. The van der Waals surface area contributed by atoms with E-state index in [2.05, 4.69) is 53.4 Å². The Morgan fingerprint density at radius 2 is 1.91 bits per heavy atom. The number of amides is 1. The summed E-state index contributed by atoms with van der Waals surface area (Å²) in [6, 6.07) is 11.8. The van der Waals surface area contributed by atoms with Crippen LogP contribution in [0.5, 0.6) is 5.75 Å². The number of aryl methyl sites for hydroxylation is 3. The van der Waals surface area contributed by atoms with Gasteiger partial charge < -0.3 is 14.5 Å². The summed E-state index contributed by atoms with van der Waals surface area (Å²) >= 11 is 2.58. The van der Waals surface area contributed by atoms with Crippen molar-refractivity contribution in [2.24, 2.45) is 0 Å². The lowest BCUT2D eigenvalue weighted by Crippen LogP contribution is -2.13. The van der Waals surface area contributed by atoms with Crippen LogP contribution in [0.1, 0.15) is 23.6 Å². The fourth-order valence-electron chi connectivity index (χ4n) is 3.61. The molecule has 0 saturated heterocycles. The minimum absolute atomic E-state index is 0.131. The second kappa shape index (κ2) is 10.2. The van der Waals surface area contributed by atoms with Crippen molar-refractivity contribution in [3.05, 3.63) is 58.5 Å². The number of thiazole rings is 1. The molecular weight excluding hydrogens is 456 g/mol. The first kappa shape index (κ1) is 23.0. The average Bonchev–Trinajstić information content (AvgIpc) is 3.42. The van der Waals surface area contributed by atoms with Gasteiger partial charge in [0.1, 0.15) is 5.75 Å². The number of hydrogen-bond donors (Lipinski definition) is 1. The maximum atomic E-state index is 12.5. The Morgan fingerprint density at radius 1 is 1.15 bits per heavy atom. The molecule has 0 spiro atoms. The zero-order valence-corrected chi connectivity index (χ0v) is 20.5. The van der Waals surface area contributed by atoms with E-state index in [1.807, 2.05) is 36.6 Å². The Kier molecular flexibility index (Phi) is 7.10. The molecule has 4 aromatic rings. The summed E-state index contributed by atoms with van der Waals surface area (Å²) in [5, 5.41) is 13.8. The Balaban J connectivity index is 1.38. The van der Waals surface area contributed by atoms with Crippen molar-refractivity contribution in [3.63, 3.8) is 0 Å². The molecule has 1 N–H and O–H groups in total. The fraction of sp³-hybridized carbons (Fsp3) is 0.250. The number of thioether (sulfide) groups is 1. The van der Waals surface area contributed by atoms with Crippen molar-refractivity contribution in [1.29, 1.82) is 0 Å². The standard InChI is InChI=1S/C24H24N4O3S2/c1-5-30-19-9-7-6-8-17(19)22-27-28-24(31-22)33-13-20(29)26-23-25-18(12-32-23)21-15(3)10-14(2)11-16(21)4/h6-12H,5,13H2,1-4H3,(H,25,26,29). The van der Waals surface area contributed by atoms with Gasteiger partial charge in [-0.15, -0.1) is 21.5 Å². The zero-order valence-electron chi connectivity index (χ0n) is 18.8. The summed E-state index contributed by atoms with van der Waals surface area (Å²) in [5.74, 6) is 0.978. The van der Waals surface area contributed by atoms with Crippen LogP contribution < -0.4 is 10.1 Å². The number of aromatic nitrogens is 3. The van der Waals surface area contributed by atoms with Gasteiger partial charge in [0.2, 0.25) is 5.91 Å². The number of ether oxygens (including phenoxy) is 1. The average molecular weight is 481 g/mol. The second-order valence-electron chi connectivity index (χ2n) is 7.45. The molecule has 1 amide bonds. The minimum Gasteiger partial charge on any atom is -0.493 e. The van der Waals surface area contributed by atoms with E-state index in [1.54, 1.807) is 0 Å². The minimum atomic E-state index is -0.187. The van der Waals surface area contributed by atoms with Crippen molar-refractivity contribution >= 4 is 34.1 Å². The fourth-order valence-corrected chi connectivity index (χ4v) is 4.90. The molecule has 0 bridgehead atoms. The van der Waals surface area contributed by atoms with Crippen molar-refractivity contribution in [2.45, 2.75) is 32.9 Å². The van der Waals surface area contributed by atoms with E-state index >= 15 is 0 Å². The van der Waals surface area contributed by atoms with E-state index in [4.69, 9.17) is 9.15 Å². The molecule has 170 valence electrons. The van der Waals surface area contributed by atoms with Crippen LogP contribution in [0, 0.1) is 20.8 Å². The molecule has 0 aliphatic carbocycles. The van der Waals surface area contributed by atoms with Gasteiger partial charge in [0.25, 0.3) is 11.1 Å². The third-order valence-electron chi connectivity index (χ3n) is 4.83. The van der Waals surface area contributed by atoms with Crippen molar-refractivity contribution < 1.29 is 13.9 Å². The van der Waals surface area contributed by atoms with E-state index < -0.39 is 0 Å². The molecule has 0 radical (unpaired) electrons. The smallest absolute Gasteiger partial charge is 0.277 e. The van der Waals surface area contributed by atoms with E-state index in [0.717, 1.165) is 16.8 Å². The molecular formula is C24H24N4O3S2. The molecule has 0 aliphatic rings. The molecule has 2 aromatic heterocycles. The molecule has 0 aliphatic heterocycles. The molecule has 2 aromatic carbocycles. The predicted molar refractivity (Wildman–Crippen MR) is 132 cm³/mol. The second-order valence-corrected chi connectivity index (χ2v) is 9.24. The Bertz CT molecular complexity index is 1260. The van der Waals surface area contributed by atoms with Crippen LogP contribution in [0.15, 0.2) is 51.4 Å². The van der Waals surface area contributed by atoms with Crippen molar-refractivity contribution in [1.82, 2.24) is 15.2 Å². The van der Waals surface area contributed by atoms with Crippen LogP contribution in [0.25, 0.3) is 22.7 Å². The highest BCUT2D eigenvalue weighted by Gasteiger charge is 2.16. The number of para-hydroxylation sites is 1. The quantitative estimate of drug-likeness (QED) is 0.313. The van der Waals surface area contributed by atoms with Gasteiger partial charge in [0.05, 0.1) is 23.6 Å². The van der Waals surface area contributed by atoms with Gasteiger partial charge in [-0.3, -0.25) is 4.79 Å². The largest absolute Gasteiger partial charge is 0.493 e. The maximum absolute atomic E-state index is 12.5. The topological polar surface area (TPSA) is 90.1 Å². The van der Waals surface area contributed by atoms with Crippen LogP contribution >= 0.6 is 23.1 Å². The zero-order chi connectivity index (χ0) is 23.4. The number of carbonyl (C=O) groups excluding carboxylic acids is 1. The van der Waals surface area contributed by atoms with E-state index in [1.165, 1.54) is 39.8 Å². The number of anilines is 1. The molecule has 0 unspecified atom stereocenters. The molecule has 2 heterocycles. The summed E-state index contributed by atoms with van der Waals surface area (Å²) in [7, 11) is 0. The Labute approximate surface area is 200 Å². The lowest BCUT2D eigenvalue weighted by atomic mass is 9.98. The lowest BCUT2D eigenvalue weighted by Gasteiger charge is -2.08. The van der Waals surface area contributed by atoms with Gasteiger partial charge in [-0.05, 0) is 51.0 Å². The molecule has 0 saturated carbocycles. The number of nitrogens with zero attached hydrogens (tertiary/aromatic N) is 3. The number of benzene rings is 2. The van der Waals surface area contributed by atoms with Gasteiger partial charge in [0.15, 0.2) is 5.13 Å². The number of carbonyl (C=O) groups is 1. The van der Waals surface area contributed by atoms with Crippen LogP contribution in [-0.4, -0.2) is 33.4 Å². The summed E-state index contributed by atoms with van der Waals surface area (Å²) in [6.07, 6.45) is 0. The Morgan fingerprint density at radius 3 is 2.67 bits per heavy atom. The monoisotopic (exact) mass is 480 g/mol. The Hall–Kier alpha value is -3.17. The molecule has 4 rings (SSSR count). The normalized spacial score (nSPS) is 10.9. The SMILES string of the molecule is CCOc1ccccc1-c1nnc(SCC(=O)Nc2nc(-c3c(C)cc(C)cc3C)cs2)o1. The van der Waals surface area contributed by atoms with E-state index in [-0.39, 0.29) is 11.7 Å². The number of rotatable bonds is 8. The van der Waals surface area contributed by atoms with Gasteiger partial charge >= 0.3 is 0 Å². The highest BCUT2D eigenvalue weighted by molar-refractivity contribution is 7.99. The van der Waals surface area contributed by atoms with Crippen LogP contribution in [-0.2, 0) is 4.79 Å². The van der Waals surface area contributed by atoms with Crippen molar-refractivity contribution in [2.75, 3.05) is 17.7 Å². The van der Waals surface area contributed by atoms with Gasteiger partial charge in [-0.1, -0.05) is 41.6 Å². The highest BCUT2D eigenvalue weighted by atomic mass is 32.2. The highest BCUT2D eigenvalue weighted by Crippen LogP contribution is 2.32. The first-order valence-corrected chi connectivity index (χ1v) is 12.3. The molecule has 0 atom stereocenters. The van der Waals surface area contributed by atoms with Crippen LogP contribution in [0.4, 0.5) is 5.13 Å². The van der Waals surface area contributed by atoms with E-state index in [9.17, 15) is 4.79 Å². The van der Waals surface area contributed by atoms with E-state index in [0.29, 0.717) is 28.6 Å². The summed E-state index contributed by atoms with van der Waals surface area (Å²) in [6.45, 7) is 8.69. The third kappa shape index (κ3) is 5.43. The van der Waals surface area contributed by atoms with Crippen LogP contribution in [0.3, 0.4) is 0 Å². The molecule has 33 heavy (non-hydrogen) atoms. The summed E-state index contributed by atoms with van der Waals surface area (Å²) in [4.78, 5) is 17.1. The van der Waals surface area contributed by atoms with Gasteiger partial charge in [0, 0.05) is 10.9 Å². The van der Waals surface area contributed by atoms with Gasteiger partial charge in [-0.2, -0.15) is 0 Å². The van der Waals surface area contributed by atoms with Crippen LogP contribution in [0.2, 0.25) is 0 Å². The molecule has 0 fully saturated rings. The number of nitrogens with one attached hydrogen (secondary N) is 1. The first-order valence-electron chi connectivity index (χ1n) is 10.5. The molecule has 9 heteroatoms. The molecule has 7 nitrogen and oxygen atoms in total. The first-order chi connectivity index (χ1) is 15.9. The third-order valence-corrected chi connectivity index (χ3v) is 6.41. The maximum Gasteiger partial charge on any atom is 0.277 e.